The quantitative estimate of drug-likeness (QED) is 0.0212. The first kappa shape index (κ1) is 66.8. The van der Waals surface area contributed by atoms with Crippen molar-refractivity contribution in [2.75, 3.05) is 26.4 Å². The molecule has 61 heavy (non-hydrogen) atoms. The van der Waals surface area contributed by atoms with Gasteiger partial charge in [0.2, 0.25) is 0 Å². The van der Waals surface area contributed by atoms with Gasteiger partial charge in [0.25, 0.3) is 0 Å². The summed E-state index contributed by atoms with van der Waals surface area (Å²) in [4.78, 5) is 40.6. The zero-order chi connectivity index (χ0) is 47.1. The minimum atomic E-state index is -1.11. The van der Waals surface area contributed by atoms with Crippen LogP contribution < -0.4 is 0 Å². The van der Waals surface area contributed by atoms with Gasteiger partial charge in [-0.2, -0.15) is 0 Å². The molecule has 0 fully saturated rings. The van der Waals surface area contributed by atoms with Crippen LogP contribution in [0.15, 0.2) is 50.6 Å². The summed E-state index contributed by atoms with van der Waals surface area (Å²) in [7, 11) is 0. The topological polar surface area (TPSA) is 230 Å². The number of carboxylic acids is 4. The highest BCUT2D eigenvalue weighted by molar-refractivity contribution is 5.67. The first-order chi connectivity index (χ1) is 29.3. The van der Waals surface area contributed by atoms with Gasteiger partial charge in [-0.05, 0) is 77.0 Å². The van der Waals surface area contributed by atoms with Crippen LogP contribution in [0.25, 0.3) is 0 Å². The van der Waals surface area contributed by atoms with Gasteiger partial charge in [0.15, 0.2) is 0 Å². The van der Waals surface area contributed by atoms with Crippen molar-refractivity contribution >= 4 is 23.9 Å². The van der Waals surface area contributed by atoms with Gasteiger partial charge in [-0.1, -0.05) is 127 Å². The van der Waals surface area contributed by atoms with Gasteiger partial charge in [0, 0.05) is 25.7 Å². The summed E-state index contributed by atoms with van der Waals surface area (Å²) < 4.78 is 0. The first-order valence-corrected chi connectivity index (χ1v) is 23.1. The van der Waals surface area contributed by atoms with E-state index in [1.54, 1.807) is 0 Å². The van der Waals surface area contributed by atoms with Crippen LogP contribution in [0.5, 0.6) is 0 Å². The van der Waals surface area contributed by atoms with Gasteiger partial charge >= 0.3 is 23.9 Å². The monoisotopic (exact) mass is 873 g/mol. The Balaban J connectivity index is -0.000000215. The zero-order valence-electron chi connectivity index (χ0n) is 38.3. The summed E-state index contributed by atoms with van der Waals surface area (Å²) in [5.74, 6) is -2.70. The average molecular weight is 873 g/mol. The molecular formula is C49H92O12. The maximum absolute atomic E-state index is 10.2. The lowest BCUT2D eigenvalue weighted by molar-refractivity contribution is -0.138. The molecule has 0 spiro atoms. The molecule has 0 heterocycles. The highest BCUT2D eigenvalue weighted by Gasteiger charge is 2.26. The molecule has 12 heteroatoms. The Hall–Kier alpha value is -3.32. The van der Waals surface area contributed by atoms with Crippen LogP contribution in [0, 0.1) is 5.41 Å². The Labute approximate surface area is 371 Å². The molecule has 0 aliphatic carbocycles. The summed E-state index contributed by atoms with van der Waals surface area (Å²) in [5.41, 5.74) is -1.11. The van der Waals surface area contributed by atoms with E-state index in [9.17, 15) is 19.2 Å². The minimum absolute atomic E-state index is 0.326. The van der Waals surface area contributed by atoms with Crippen LogP contribution in [-0.2, 0) is 19.2 Å². The molecule has 0 aromatic carbocycles. The number of hydrogen-bond acceptors (Lipinski definition) is 8. The highest BCUT2D eigenvalue weighted by atomic mass is 16.4. The highest BCUT2D eigenvalue weighted by Crippen LogP contribution is 2.13. The van der Waals surface area contributed by atoms with E-state index in [-0.39, 0.29) is 0 Å². The third kappa shape index (κ3) is 71.5. The first-order valence-electron chi connectivity index (χ1n) is 23.1. The minimum Gasteiger partial charge on any atom is -0.481 e. The van der Waals surface area contributed by atoms with E-state index >= 15 is 0 Å². The average Bonchev–Trinajstić information content (AvgIpc) is 3.23. The van der Waals surface area contributed by atoms with Gasteiger partial charge in [0.05, 0.1) is 31.8 Å². The molecule has 0 aliphatic heterocycles. The van der Waals surface area contributed by atoms with E-state index in [1.165, 1.54) is 103 Å². The van der Waals surface area contributed by atoms with E-state index in [2.05, 4.69) is 26.3 Å². The molecule has 0 aromatic rings. The Kier molecular flexibility index (Phi) is 64.3. The van der Waals surface area contributed by atoms with Gasteiger partial charge < -0.3 is 40.9 Å². The molecule has 0 unspecified atom stereocenters. The van der Waals surface area contributed by atoms with Crippen molar-refractivity contribution < 1.29 is 60.0 Å². The van der Waals surface area contributed by atoms with Crippen molar-refractivity contribution in [3.8, 4) is 0 Å². The standard InChI is InChI=1S/4C11H20O2.C5H12O4/c4*1-2-3-4-5-6-7-8-9-10-11(12)13;6-1-5(2-7,3-8)4-9/h4*2H,1,3-10H2,(H,12,13);6-9H,1-4H2. The second kappa shape index (κ2) is 58.8. The Bertz CT molecular complexity index is 841. The van der Waals surface area contributed by atoms with E-state index < -0.39 is 55.7 Å². The summed E-state index contributed by atoms with van der Waals surface area (Å²) in [6.45, 7) is 13.0. The lowest BCUT2D eigenvalue weighted by Gasteiger charge is -2.23. The van der Waals surface area contributed by atoms with Crippen LogP contribution in [0.1, 0.15) is 205 Å². The SMILES string of the molecule is C=CCCCCCCCCC(=O)O.C=CCCCCCCCCC(=O)O.C=CCCCCCCCCC(=O)O.C=CCCCCCCCCC(=O)O.OCC(CO)(CO)CO. The molecule has 0 aromatic heterocycles. The second-order valence-corrected chi connectivity index (χ2v) is 15.5. The summed E-state index contributed by atoms with van der Waals surface area (Å²) in [6.07, 6.45) is 40.6. The third-order valence-corrected chi connectivity index (χ3v) is 9.54. The normalized spacial score (nSPS) is 10.2. The number of aliphatic carboxylic acids is 4. The van der Waals surface area contributed by atoms with Crippen molar-refractivity contribution in [3.05, 3.63) is 50.6 Å². The molecule has 0 radical (unpaired) electrons. The number of carboxylic acid groups (broad SMARTS) is 4. The fraction of sp³-hybridized carbons (Fsp3) is 0.755. The van der Waals surface area contributed by atoms with Crippen molar-refractivity contribution in [1.29, 1.82) is 0 Å². The molecule has 0 atom stereocenters. The lowest BCUT2D eigenvalue weighted by Crippen LogP contribution is -2.37. The number of hydrogen-bond donors (Lipinski definition) is 8. The molecule has 0 rings (SSSR count). The van der Waals surface area contributed by atoms with E-state index in [1.807, 2.05) is 24.3 Å². The smallest absolute Gasteiger partial charge is 0.303 e. The van der Waals surface area contributed by atoms with Gasteiger partial charge in [-0.25, -0.2) is 0 Å². The van der Waals surface area contributed by atoms with E-state index in [4.69, 9.17) is 40.9 Å². The van der Waals surface area contributed by atoms with Gasteiger partial charge in [-0.15, -0.1) is 26.3 Å². The second-order valence-electron chi connectivity index (χ2n) is 15.5. The zero-order valence-corrected chi connectivity index (χ0v) is 38.3. The molecule has 360 valence electrons. The molecule has 0 bridgehead atoms. The fourth-order valence-electron chi connectivity index (χ4n) is 5.39. The molecule has 0 saturated heterocycles. The van der Waals surface area contributed by atoms with Crippen molar-refractivity contribution in [2.45, 2.75) is 205 Å². The lowest BCUT2D eigenvalue weighted by atomic mass is 9.93. The fourth-order valence-corrected chi connectivity index (χ4v) is 5.39. The molecule has 0 amide bonds. The van der Waals surface area contributed by atoms with Crippen LogP contribution in [-0.4, -0.2) is 91.2 Å². The molecule has 0 saturated carbocycles. The summed E-state index contributed by atoms with van der Waals surface area (Å²) in [6, 6.07) is 0. The number of aliphatic hydroxyl groups is 4. The Morgan fingerprint density at radius 3 is 0.557 bits per heavy atom. The molecular weight excluding hydrogens is 781 g/mol. The number of aliphatic hydroxyl groups excluding tert-OH is 4. The number of unbranched alkanes of at least 4 members (excludes halogenated alkanes) is 24. The van der Waals surface area contributed by atoms with Crippen molar-refractivity contribution in [1.82, 2.24) is 0 Å². The summed E-state index contributed by atoms with van der Waals surface area (Å²) in [5, 5.41) is 67.5. The van der Waals surface area contributed by atoms with Crippen LogP contribution in [0.4, 0.5) is 0 Å². The number of carbonyl (C=O) groups is 4. The maximum atomic E-state index is 10.2. The predicted molar refractivity (Wildman–Crippen MR) is 250 cm³/mol. The van der Waals surface area contributed by atoms with Gasteiger partial charge in [-0.3, -0.25) is 19.2 Å². The molecule has 8 N–H and O–H groups in total. The predicted octanol–water partition coefficient (Wildman–Crippen LogP) is 11.5. The number of allylic oxidation sites excluding steroid dienone is 4. The van der Waals surface area contributed by atoms with Crippen molar-refractivity contribution in [3.63, 3.8) is 0 Å². The Morgan fingerprint density at radius 2 is 0.443 bits per heavy atom. The largest absolute Gasteiger partial charge is 0.481 e. The molecule has 0 aliphatic rings. The van der Waals surface area contributed by atoms with E-state index in [0.717, 1.165) is 77.0 Å². The Morgan fingerprint density at radius 1 is 0.295 bits per heavy atom. The summed E-state index contributed by atoms with van der Waals surface area (Å²) >= 11 is 0. The third-order valence-electron chi connectivity index (χ3n) is 9.54. The molecule has 12 nitrogen and oxygen atoms in total. The van der Waals surface area contributed by atoms with Crippen LogP contribution >= 0.6 is 0 Å². The van der Waals surface area contributed by atoms with E-state index in [0.29, 0.717) is 25.7 Å². The van der Waals surface area contributed by atoms with Crippen LogP contribution in [0.2, 0.25) is 0 Å². The van der Waals surface area contributed by atoms with Gasteiger partial charge in [0.1, 0.15) is 0 Å². The van der Waals surface area contributed by atoms with Crippen molar-refractivity contribution in [2.24, 2.45) is 5.41 Å². The van der Waals surface area contributed by atoms with Crippen LogP contribution in [0.3, 0.4) is 0 Å². The number of rotatable bonds is 40. The maximum Gasteiger partial charge on any atom is 0.303 e.